The van der Waals surface area contributed by atoms with Gasteiger partial charge in [0.25, 0.3) is 5.91 Å². The average molecular weight is 316 g/mol. The molecule has 0 saturated heterocycles. The number of hydrogen-bond donors (Lipinski definition) is 1. The summed E-state index contributed by atoms with van der Waals surface area (Å²) in [5.41, 5.74) is 1.11. The molecule has 0 saturated carbocycles. The molecule has 3 rings (SSSR count). The Morgan fingerprint density at radius 3 is 2.62 bits per heavy atom. The number of carbonyl (C=O) groups is 1. The summed E-state index contributed by atoms with van der Waals surface area (Å²) < 4.78 is 0.623. The van der Waals surface area contributed by atoms with Crippen molar-refractivity contribution in [1.82, 2.24) is 5.32 Å². The van der Waals surface area contributed by atoms with Crippen molar-refractivity contribution in [3.8, 4) is 0 Å². The van der Waals surface area contributed by atoms with E-state index in [4.69, 9.17) is 11.6 Å². The molecule has 0 spiro atoms. The molecule has 1 amide bonds. The van der Waals surface area contributed by atoms with E-state index in [1.165, 1.54) is 16.7 Å². The highest BCUT2D eigenvalue weighted by Gasteiger charge is 2.14. The summed E-state index contributed by atoms with van der Waals surface area (Å²) in [5.74, 6) is -0.0904. The highest BCUT2D eigenvalue weighted by molar-refractivity contribution is 7.18. The number of rotatable bonds is 3. The molecule has 2 nitrogen and oxygen atoms in total. The van der Waals surface area contributed by atoms with E-state index in [2.05, 4.69) is 29.6 Å². The van der Waals surface area contributed by atoms with Gasteiger partial charge in [0.15, 0.2) is 0 Å². The van der Waals surface area contributed by atoms with E-state index in [1.54, 1.807) is 12.1 Å². The van der Waals surface area contributed by atoms with Gasteiger partial charge in [-0.2, -0.15) is 0 Å². The summed E-state index contributed by atoms with van der Waals surface area (Å²) >= 11 is 7.16. The molecule has 2 aromatic carbocycles. The fourth-order valence-electron chi connectivity index (χ4n) is 2.41. The lowest BCUT2D eigenvalue weighted by atomic mass is 10.00. The molecular weight excluding hydrogens is 302 g/mol. The first kappa shape index (κ1) is 14.1. The van der Waals surface area contributed by atoms with Crippen molar-refractivity contribution in [2.24, 2.45) is 0 Å². The maximum absolute atomic E-state index is 12.2. The van der Waals surface area contributed by atoms with Crippen molar-refractivity contribution < 1.29 is 4.79 Å². The van der Waals surface area contributed by atoms with Gasteiger partial charge < -0.3 is 5.32 Å². The molecular formula is C17H14ClNOS. The van der Waals surface area contributed by atoms with E-state index in [0.717, 1.165) is 10.9 Å². The van der Waals surface area contributed by atoms with Crippen LogP contribution in [0.15, 0.2) is 54.6 Å². The van der Waals surface area contributed by atoms with E-state index in [-0.39, 0.29) is 11.9 Å². The summed E-state index contributed by atoms with van der Waals surface area (Å²) in [5, 5.41) is 5.37. The van der Waals surface area contributed by atoms with E-state index < -0.39 is 0 Å². The molecule has 21 heavy (non-hydrogen) atoms. The van der Waals surface area contributed by atoms with E-state index in [0.29, 0.717) is 9.21 Å². The Bertz CT molecular complexity index is 791. The Balaban J connectivity index is 1.87. The van der Waals surface area contributed by atoms with Gasteiger partial charge in [-0.15, -0.1) is 11.3 Å². The number of nitrogens with one attached hydrogen (secondary N) is 1. The zero-order chi connectivity index (χ0) is 14.8. The molecule has 1 N–H and O–H groups in total. The molecule has 1 atom stereocenters. The van der Waals surface area contributed by atoms with Gasteiger partial charge in [-0.3, -0.25) is 4.79 Å². The molecule has 0 bridgehead atoms. The number of thiophene rings is 1. The van der Waals surface area contributed by atoms with Crippen LogP contribution in [0, 0.1) is 0 Å². The van der Waals surface area contributed by atoms with Crippen LogP contribution in [0.2, 0.25) is 4.34 Å². The van der Waals surface area contributed by atoms with E-state index in [1.807, 2.05) is 25.1 Å². The van der Waals surface area contributed by atoms with Crippen molar-refractivity contribution in [2.75, 3.05) is 0 Å². The summed E-state index contributed by atoms with van der Waals surface area (Å²) in [6.45, 7) is 1.99. The molecule has 106 valence electrons. The third kappa shape index (κ3) is 2.94. The van der Waals surface area contributed by atoms with Crippen LogP contribution in [0.4, 0.5) is 0 Å². The van der Waals surface area contributed by atoms with E-state index in [9.17, 15) is 4.79 Å². The maximum Gasteiger partial charge on any atom is 0.261 e. The fraction of sp³-hybridized carbons (Fsp3) is 0.118. The van der Waals surface area contributed by atoms with Crippen LogP contribution in [-0.2, 0) is 0 Å². The Hall–Kier alpha value is -1.84. The van der Waals surface area contributed by atoms with Gasteiger partial charge in [-0.25, -0.2) is 0 Å². The maximum atomic E-state index is 12.2. The molecule has 0 fully saturated rings. The lowest BCUT2D eigenvalue weighted by molar-refractivity contribution is 0.0944. The van der Waals surface area contributed by atoms with Crippen molar-refractivity contribution >= 4 is 39.6 Å². The van der Waals surface area contributed by atoms with Gasteiger partial charge in [-0.05, 0) is 35.4 Å². The van der Waals surface area contributed by atoms with Crippen molar-refractivity contribution in [1.29, 1.82) is 0 Å². The van der Waals surface area contributed by atoms with Crippen LogP contribution >= 0.6 is 22.9 Å². The lowest BCUT2D eigenvalue weighted by Gasteiger charge is -2.16. The summed E-state index contributed by atoms with van der Waals surface area (Å²) in [7, 11) is 0. The molecule has 0 aliphatic heterocycles. The van der Waals surface area contributed by atoms with Crippen LogP contribution in [0.25, 0.3) is 10.8 Å². The molecule has 1 heterocycles. The Kier molecular flexibility index (Phi) is 3.95. The summed E-state index contributed by atoms with van der Waals surface area (Å²) in [6, 6.07) is 17.7. The first-order valence-electron chi connectivity index (χ1n) is 6.69. The number of fused-ring (bicyclic) bond motifs is 1. The number of benzene rings is 2. The topological polar surface area (TPSA) is 29.1 Å². The SMILES string of the molecule is C[C@@H](NC(=O)c1ccc(Cl)s1)c1cccc2ccccc12. The third-order valence-corrected chi connectivity index (χ3v) is 4.66. The van der Waals surface area contributed by atoms with Gasteiger partial charge in [0.2, 0.25) is 0 Å². The smallest absolute Gasteiger partial charge is 0.261 e. The molecule has 1 aromatic heterocycles. The molecule has 4 heteroatoms. The van der Waals surface area contributed by atoms with Gasteiger partial charge in [0.05, 0.1) is 15.3 Å². The van der Waals surface area contributed by atoms with Crippen LogP contribution in [-0.4, -0.2) is 5.91 Å². The number of carbonyl (C=O) groups excluding carboxylic acids is 1. The highest BCUT2D eigenvalue weighted by atomic mass is 35.5. The fourth-order valence-corrected chi connectivity index (χ4v) is 3.36. The first-order valence-corrected chi connectivity index (χ1v) is 7.88. The second-order valence-electron chi connectivity index (χ2n) is 4.87. The zero-order valence-electron chi connectivity index (χ0n) is 11.5. The average Bonchev–Trinajstić information content (AvgIpc) is 2.93. The molecule has 0 aliphatic rings. The van der Waals surface area contributed by atoms with Gasteiger partial charge in [0.1, 0.15) is 0 Å². The Morgan fingerprint density at radius 1 is 1.10 bits per heavy atom. The van der Waals surface area contributed by atoms with E-state index >= 15 is 0 Å². The standard InChI is InChI=1S/C17H14ClNOS/c1-11(19-17(20)15-9-10-16(18)21-15)13-8-4-6-12-5-2-3-7-14(12)13/h2-11H,1H3,(H,19,20)/t11-/m1/s1. The molecule has 3 aromatic rings. The predicted octanol–water partition coefficient (Wildman–Crippen LogP) is 5.05. The molecule has 0 unspecified atom stereocenters. The largest absolute Gasteiger partial charge is 0.345 e. The zero-order valence-corrected chi connectivity index (χ0v) is 13.0. The lowest BCUT2D eigenvalue weighted by Crippen LogP contribution is -2.26. The third-order valence-electron chi connectivity index (χ3n) is 3.43. The van der Waals surface area contributed by atoms with Crippen molar-refractivity contribution in [2.45, 2.75) is 13.0 Å². The molecule has 0 radical (unpaired) electrons. The van der Waals surface area contributed by atoms with Crippen LogP contribution < -0.4 is 5.32 Å². The van der Waals surface area contributed by atoms with Crippen LogP contribution in [0.3, 0.4) is 0 Å². The molecule has 0 aliphatic carbocycles. The minimum absolute atomic E-state index is 0.0653. The summed E-state index contributed by atoms with van der Waals surface area (Å²) in [4.78, 5) is 12.9. The monoisotopic (exact) mass is 315 g/mol. The number of amides is 1. The normalized spacial score (nSPS) is 12.3. The minimum atomic E-state index is -0.0904. The predicted molar refractivity (Wildman–Crippen MR) is 89.2 cm³/mol. The van der Waals surface area contributed by atoms with Crippen molar-refractivity contribution in [3.05, 3.63) is 69.4 Å². The first-order chi connectivity index (χ1) is 10.1. The quantitative estimate of drug-likeness (QED) is 0.720. The second kappa shape index (κ2) is 5.88. The minimum Gasteiger partial charge on any atom is -0.345 e. The van der Waals surface area contributed by atoms with Crippen LogP contribution in [0.1, 0.15) is 28.2 Å². The second-order valence-corrected chi connectivity index (χ2v) is 6.58. The van der Waals surface area contributed by atoms with Crippen LogP contribution in [0.5, 0.6) is 0 Å². The van der Waals surface area contributed by atoms with Gasteiger partial charge >= 0.3 is 0 Å². The Labute approximate surface area is 132 Å². The van der Waals surface area contributed by atoms with Crippen molar-refractivity contribution in [3.63, 3.8) is 0 Å². The number of hydrogen-bond acceptors (Lipinski definition) is 2. The summed E-state index contributed by atoms with van der Waals surface area (Å²) in [6.07, 6.45) is 0. The van der Waals surface area contributed by atoms with Gasteiger partial charge in [-0.1, -0.05) is 54.1 Å². The Morgan fingerprint density at radius 2 is 1.86 bits per heavy atom. The highest BCUT2D eigenvalue weighted by Crippen LogP contribution is 2.26. The number of halogens is 1. The van der Waals surface area contributed by atoms with Gasteiger partial charge in [0, 0.05) is 0 Å².